The van der Waals surface area contributed by atoms with Crippen molar-refractivity contribution in [2.75, 3.05) is 49.6 Å². The number of rotatable bonds is 4. The Kier molecular flexibility index (Phi) is 5.64. The van der Waals surface area contributed by atoms with Gasteiger partial charge in [-0.05, 0) is 48.9 Å². The van der Waals surface area contributed by atoms with Gasteiger partial charge in [-0.3, -0.25) is 9.69 Å². The van der Waals surface area contributed by atoms with Crippen LogP contribution < -0.4 is 10.2 Å². The summed E-state index contributed by atoms with van der Waals surface area (Å²) >= 11 is 0. The van der Waals surface area contributed by atoms with Crippen molar-refractivity contribution >= 4 is 17.4 Å². The summed E-state index contributed by atoms with van der Waals surface area (Å²) < 4.78 is 5.37. The van der Waals surface area contributed by atoms with Crippen LogP contribution in [0.5, 0.6) is 0 Å². The third-order valence-corrected chi connectivity index (χ3v) is 6.60. The lowest BCUT2D eigenvalue weighted by molar-refractivity contribution is 0.102. The molecule has 1 saturated carbocycles. The highest BCUT2D eigenvalue weighted by atomic mass is 16.5. The van der Waals surface area contributed by atoms with Crippen molar-refractivity contribution in [3.63, 3.8) is 0 Å². The van der Waals surface area contributed by atoms with Crippen LogP contribution in [0.15, 0.2) is 30.6 Å². The monoisotopic (exact) mass is 407 g/mol. The molecular weight excluding hydrogens is 378 g/mol. The molecule has 0 bridgehead atoms. The quantitative estimate of drug-likeness (QED) is 0.840. The molecule has 1 saturated heterocycles. The second-order valence-corrected chi connectivity index (χ2v) is 8.42. The van der Waals surface area contributed by atoms with Gasteiger partial charge in [0.15, 0.2) is 0 Å². The topological polar surface area (TPSA) is 70.6 Å². The Bertz CT molecular complexity index is 891. The molecule has 3 heterocycles. The molecule has 1 aliphatic carbocycles. The zero-order chi connectivity index (χ0) is 20.3. The largest absolute Gasteiger partial charge is 0.378 e. The van der Waals surface area contributed by atoms with Gasteiger partial charge >= 0.3 is 0 Å². The smallest absolute Gasteiger partial charge is 0.275 e. The second kappa shape index (κ2) is 8.70. The first-order chi connectivity index (χ1) is 14.8. The maximum Gasteiger partial charge on any atom is 0.275 e. The molecule has 2 aliphatic heterocycles. The third kappa shape index (κ3) is 4.18. The van der Waals surface area contributed by atoms with Crippen LogP contribution in [-0.2, 0) is 17.6 Å². The number of nitrogens with one attached hydrogen (secondary N) is 1. The van der Waals surface area contributed by atoms with Crippen LogP contribution in [0.4, 0.5) is 11.5 Å². The van der Waals surface area contributed by atoms with Gasteiger partial charge in [0, 0.05) is 37.9 Å². The van der Waals surface area contributed by atoms with E-state index in [1.54, 1.807) is 12.4 Å². The summed E-state index contributed by atoms with van der Waals surface area (Å²) in [5.74, 6) is 0.566. The van der Waals surface area contributed by atoms with Crippen molar-refractivity contribution in [2.24, 2.45) is 0 Å². The minimum absolute atomic E-state index is 0.222. The van der Waals surface area contributed by atoms with Crippen LogP contribution in [0.2, 0.25) is 0 Å². The predicted molar refractivity (Wildman–Crippen MR) is 116 cm³/mol. The maximum absolute atomic E-state index is 12.7. The van der Waals surface area contributed by atoms with E-state index in [1.807, 2.05) is 6.07 Å². The summed E-state index contributed by atoms with van der Waals surface area (Å²) in [5, 5.41) is 3.00. The number of aromatic nitrogens is 2. The molecule has 5 rings (SSSR count). The Morgan fingerprint density at radius 1 is 1.00 bits per heavy atom. The number of morpholine rings is 1. The standard InChI is InChI=1S/C23H29N5O2/c29-23(21-15-25-22(16-24-21)28-10-12-30-13-11-28)26-19-5-4-17-6-8-27(20-2-1-3-20)9-7-18(17)14-19/h4-5,14-16,20H,1-3,6-13H2,(H,26,29). The summed E-state index contributed by atoms with van der Waals surface area (Å²) in [6, 6.07) is 7.10. The number of amides is 1. The SMILES string of the molecule is O=C(Nc1ccc2c(c1)CCN(C1CCC1)CC2)c1cnc(N2CCOCC2)cn1. The molecule has 2 aromatic rings. The van der Waals surface area contributed by atoms with Crippen LogP contribution >= 0.6 is 0 Å². The van der Waals surface area contributed by atoms with Gasteiger partial charge in [0.05, 0.1) is 25.6 Å². The zero-order valence-corrected chi connectivity index (χ0v) is 17.3. The Labute approximate surface area is 177 Å². The fraction of sp³-hybridized carbons (Fsp3) is 0.522. The first-order valence-electron chi connectivity index (χ1n) is 11.1. The highest BCUT2D eigenvalue weighted by molar-refractivity contribution is 6.02. The molecular formula is C23H29N5O2. The molecule has 30 heavy (non-hydrogen) atoms. The summed E-state index contributed by atoms with van der Waals surface area (Å²) in [6.07, 6.45) is 9.44. The van der Waals surface area contributed by atoms with Crippen molar-refractivity contribution in [2.45, 2.75) is 38.1 Å². The normalized spacial score (nSPS) is 20.2. The second-order valence-electron chi connectivity index (χ2n) is 8.42. The van der Waals surface area contributed by atoms with Gasteiger partial charge in [-0.15, -0.1) is 0 Å². The summed E-state index contributed by atoms with van der Waals surface area (Å²) in [4.78, 5) is 26.2. The minimum Gasteiger partial charge on any atom is -0.378 e. The number of carbonyl (C=O) groups excluding carboxylic acids is 1. The molecule has 0 atom stereocenters. The van der Waals surface area contributed by atoms with Crippen LogP contribution in [0, 0.1) is 0 Å². The van der Waals surface area contributed by atoms with Crippen molar-refractivity contribution in [3.8, 4) is 0 Å². The van der Waals surface area contributed by atoms with Gasteiger partial charge in [0.1, 0.15) is 11.5 Å². The summed E-state index contributed by atoms with van der Waals surface area (Å²) in [6.45, 7) is 5.25. The lowest BCUT2D eigenvalue weighted by atomic mass is 9.91. The van der Waals surface area contributed by atoms with Crippen molar-refractivity contribution in [1.29, 1.82) is 0 Å². The number of nitrogens with zero attached hydrogens (tertiary/aromatic N) is 4. The molecule has 2 fully saturated rings. The van der Waals surface area contributed by atoms with Crippen molar-refractivity contribution < 1.29 is 9.53 Å². The first-order valence-corrected chi connectivity index (χ1v) is 11.1. The van der Waals surface area contributed by atoms with Crippen molar-refractivity contribution in [3.05, 3.63) is 47.4 Å². The van der Waals surface area contributed by atoms with Gasteiger partial charge in [-0.25, -0.2) is 9.97 Å². The molecule has 3 aliphatic rings. The Hall–Kier alpha value is -2.51. The highest BCUT2D eigenvalue weighted by Crippen LogP contribution is 2.28. The molecule has 7 heteroatoms. The summed E-state index contributed by atoms with van der Waals surface area (Å²) in [5.41, 5.74) is 3.92. The van der Waals surface area contributed by atoms with Gasteiger partial charge in [0.25, 0.3) is 5.91 Å². The van der Waals surface area contributed by atoms with E-state index in [-0.39, 0.29) is 5.91 Å². The van der Waals surface area contributed by atoms with Gasteiger partial charge in [0.2, 0.25) is 0 Å². The lowest BCUT2D eigenvalue weighted by Gasteiger charge is -2.36. The lowest BCUT2D eigenvalue weighted by Crippen LogP contribution is -2.41. The van der Waals surface area contributed by atoms with E-state index in [0.29, 0.717) is 18.9 Å². The van der Waals surface area contributed by atoms with E-state index < -0.39 is 0 Å². The molecule has 7 nitrogen and oxygen atoms in total. The number of anilines is 2. The minimum atomic E-state index is -0.222. The average Bonchev–Trinajstić information content (AvgIpc) is 2.96. The summed E-state index contributed by atoms with van der Waals surface area (Å²) in [7, 11) is 0. The van der Waals surface area contributed by atoms with E-state index in [0.717, 1.165) is 56.6 Å². The number of hydrogen-bond donors (Lipinski definition) is 1. The fourth-order valence-electron chi connectivity index (χ4n) is 4.53. The first kappa shape index (κ1) is 19.5. The fourth-order valence-corrected chi connectivity index (χ4v) is 4.53. The van der Waals surface area contributed by atoms with Crippen LogP contribution in [0.1, 0.15) is 40.9 Å². The van der Waals surface area contributed by atoms with E-state index in [2.05, 4.69) is 37.2 Å². The van der Waals surface area contributed by atoms with Gasteiger partial charge in [-0.2, -0.15) is 0 Å². The van der Waals surface area contributed by atoms with Gasteiger partial charge < -0.3 is 15.0 Å². The molecule has 1 N–H and O–H groups in total. The molecule has 1 aromatic heterocycles. The molecule has 0 spiro atoms. The van der Waals surface area contributed by atoms with E-state index in [4.69, 9.17) is 4.74 Å². The molecule has 0 unspecified atom stereocenters. The number of fused-ring (bicyclic) bond motifs is 1. The third-order valence-electron chi connectivity index (χ3n) is 6.60. The number of hydrogen-bond acceptors (Lipinski definition) is 6. The molecule has 1 aromatic carbocycles. The maximum atomic E-state index is 12.7. The Morgan fingerprint density at radius 3 is 2.50 bits per heavy atom. The van der Waals surface area contributed by atoms with E-state index in [1.165, 1.54) is 30.4 Å². The molecule has 0 radical (unpaired) electrons. The van der Waals surface area contributed by atoms with Crippen LogP contribution in [0.25, 0.3) is 0 Å². The molecule has 1 amide bonds. The average molecular weight is 408 g/mol. The van der Waals surface area contributed by atoms with E-state index >= 15 is 0 Å². The molecule has 158 valence electrons. The Morgan fingerprint density at radius 2 is 1.80 bits per heavy atom. The number of carbonyl (C=O) groups is 1. The Balaban J connectivity index is 1.22. The zero-order valence-electron chi connectivity index (χ0n) is 17.3. The predicted octanol–water partition coefficient (Wildman–Crippen LogP) is 2.52. The van der Waals surface area contributed by atoms with Crippen molar-refractivity contribution in [1.82, 2.24) is 14.9 Å². The van der Waals surface area contributed by atoms with Gasteiger partial charge in [-0.1, -0.05) is 12.5 Å². The van der Waals surface area contributed by atoms with Crippen LogP contribution in [-0.4, -0.2) is 66.2 Å². The highest BCUT2D eigenvalue weighted by Gasteiger charge is 2.26. The van der Waals surface area contributed by atoms with E-state index in [9.17, 15) is 4.79 Å². The number of ether oxygens (including phenoxy) is 1. The number of benzene rings is 1. The van der Waals surface area contributed by atoms with Crippen LogP contribution in [0.3, 0.4) is 0 Å².